The van der Waals surface area contributed by atoms with Gasteiger partial charge in [0.05, 0.1) is 18.6 Å². The van der Waals surface area contributed by atoms with Gasteiger partial charge < -0.3 is 20.5 Å². The van der Waals surface area contributed by atoms with Crippen molar-refractivity contribution in [1.82, 2.24) is 5.32 Å². The molecular formula is C15H15F3N2O6. The fourth-order valence-corrected chi connectivity index (χ4v) is 1.76. The number of ether oxygens (including phenoxy) is 1. The molecule has 2 amide bonds. The molecule has 0 aliphatic carbocycles. The van der Waals surface area contributed by atoms with Crippen molar-refractivity contribution in [2.24, 2.45) is 0 Å². The van der Waals surface area contributed by atoms with Crippen LogP contribution in [0.25, 0.3) is 0 Å². The summed E-state index contributed by atoms with van der Waals surface area (Å²) in [4.78, 5) is 45.1. The molecule has 0 aliphatic heterocycles. The van der Waals surface area contributed by atoms with E-state index in [1.54, 1.807) is 6.92 Å². The number of halogens is 3. The Balaban J connectivity index is 2.84. The average molecular weight is 376 g/mol. The number of hydrogen-bond donors (Lipinski definition) is 3. The molecule has 0 saturated carbocycles. The van der Waals surface area contributed by atoms with Crippen LogP contribution in [0.15, 0.2) is 24.3 Å². The lowest BCUT2D eigenvalue weighted by atomic mass is 10.1. The van der Waals surface area contributed by atoms with Crippen molar-refractivity contribution in [3.8, 4) is 0 Å². The van der Waals surface area contributed by atoms with Gasteiger partial charge in [-0.3, -0.25) is 14.4 Å². The Kier molecular flexibility index (Phi) is 7.11. The highest BCUT2D eigenvalue weighted by Crippen LogP contribution is 2.16. The largest absolute Gasteiger partial charge is 0.481 e. The maximum absolute atomic E-state index is 12.3. The lowest BCUT2D eigenvalue weighted by molar-refractivity contribution is -0.174. The van der Waals surface area contributed by atoms with Crippen LogP contribution in [0, 0.1) is 0 Å². The fraction of sp³-hybridized carbons (Fsp3) is 0.333. The first-order valence-electron chi connectivity index (χ1n) is 7.22. The number of alkyl halides is 3. The van der Waals surface area contributed by atoms with Crippen molar-refractivity contribution in [3.05, 3.63) is 29.8 Å². The summed E-state index contributed by atoms with van der Waals surface area (Å²) in [5.74, 6) is -5.78. The molecule has 11 heteroatoms. The van der Waals surface area contributed by atoms with E-state index in [9.17, 15) is 32.3 Å². The van der Waals surface area contributed by atoms with Gasteiger partial charge in [-0.2, -0.15) is 13.2 Å². The number of carbonyl (C=O) groups is 4. The van der Waals surface area contributed by atoms with Crippen molar-refractivity contribution in [2.75, 3.05) is 11.9 Å². The zero-order valence-corrected chi connectivity index (χ0v) is 13.4. The van der Waals surface area contributed by atoms with E-state index >= 15 is 0 Å². The van der Waals surface area contributed by atoms with Crippen molar-refractivity contribution in [2.45, 2.75) is 25.6 Å². The SMILES string of the molecule is CCOC(=O)c1ccc(NC(=O)C(CC(=O)O)NC(=O)C(F)(F)F)cc1. The number of anilines is 1. The van der Waals surface area contributed by atoms with Crippen LogP contribution in [0.3, 0.4) is 0 Å². The summed E-state index contributed by atoms with van der Waals surface area (Å²) >= 11 is 0. The maximum Gasteiger partial charge on any atom is 0.471 e. The zero-order chi connectivity index (χ0) is 19.9. The van der Waals surface area contributed by atoms with Gasteiger partial charge in [-0.25, -0.2) is 4.79 Å². The minimum atomic E-state index is -5.27. The molecular weight excluding hydrogens is 361 g/mol. The monoisotopic (exact) mass is 376 g/mol. The number of carboxylic acids is 1. The average Bonchev–Trinajstić information content (AvgIpc) is 2.53. The number of aliphatic carboxylic acids is 1. The quantitative estimate of drug-likeness (QED) is 0.617. The van der Waals surface area contributed by atoms with Crippen LogP contribution in [0.1, 0.15) is 23.7 Å². The number of esters is 1. The number of carboxylic acid groups (broad SMARTS) is 1. The maximum atomic E-state index is 12.3. The standard InChI is InChI=1S/C15H15F3N2O6/c1-2-26-13(24)8-3-5-9(6-4-8)19-12(23)10(7-11(21)22)20-14(25)15(16,17)18/h3-6,10H,2,7H2,1H3,(H,19,23)(H,20,25)(H,21,22). The molecule has 0 aliphatic rings. The molecule has 0 fully saturated rings. The van der Waals surface area contributed by atoms with Crippen molar-refractivity contribution >= 4 is 29.4 Å². The van der Waals surface area contributed by atoms with E-state index in [2.05, 4.69) is 5.32 Å². The summed E-state index contributed by atoms with van der Waals surface area (Å²) < 4.78 is 41.6. The first-order valence-corrected chi connectivity index (χ1v) is 7.22. The van der Waals surface area contributed by atoms with Crippen molar-refractivity contribution in [3.63, 3.8) is 0 Å². The molecule has 3 N–H and O–H groups in total. The van der Waals surface area contributed by atoms with Crippen molar-refractivity contribution in [1.29, 1.82) is 0 Å². The van der Waals surface area contributed by atoms with E-state index in [0.29, 0.717) is 0 Å². The van der Waals surface area contributed by atoms with Crippen LogP contribution in [0.2, 0.25) is 0 Å². The molecule has 1 aromatic carbocycles. The second-order valence-electron chi connectivity index (χ2n) is 4.91. The molecule has 1 unspecified atom stereocenters. The van der Waals surface area contributed by atoms with Gasteiger partial charge >= 0.3 is 24.0 Å². The van der Waals surface area contributed by atoms with Gasteiger partial charge in [0.1, 0.15) is 6.04 Å². The number of nitrogens with one attached hydrogen (secondary N) is 2. The van der Waals surface area contributed by atoms with Crippen LogP contribution in [0.4, 0.5) is 18.9 Å². The highest BCUT2D eigenvalue weighted by atomic mass is 19.4. The van der Waals surface area contributed by atoms with E-state index in [1.165, 1.54) is 29.6 Å². The molecule has 8 nitrogen and oxygen atoms in total. The van der Waals surface area contributed by atoms with E-state index in [1.807, 2.05) is 0 Å². The minimum Gasteiger partial charge on any atom is -0.481 e. The summed E-state index contributed by atoms with van der Waals surface area (Å²) in [5.41, 5.74) is 0.261. The lowest BCUT2D eigenvalue weighted by Gasteiger charge is -2.17. The fourth-order valence-electron chi connectivity index (χ4n) is 1.76. The number of amides is 2. The Morgan fingerprint density at radius 1 is 1.15 bits per heavy atom. The van der Waals surface area contributed by atoms with Gasteiger partial charge in [-0.15, -0.1) is 0 Å². The second kappa shape index (κ2) is 8.83. The summed E-state index contributed by atoms with van der Waals surface area (Å²) in [5, 5.41) is 12.2. The molecule has 0 spiro atoms. The Hall–Kier alpha value is -3.11. The van der Waals surface area contributed by atoms with E-state index in [0.717, 1.165) is 0 Å². The van der Waals surface area contributed by atoms with E-state index in [4.69, 9.17) is 9.84 Å². The molecule has 0 radical (unpaired) electrons. The molecule has 142 valence electrons. The third-order valence-corrected chi connectivity index (χ3v) is 2.92. The number of rotatable bonds is 7. The summed E-state index contributed by atoms with van der Waals surface area (Å²) in [7, 11) is 0. The van der Waals surface area contributed by atoms with E-state index in [-0.39, 0.29) is 17.9 Å². The molecule has 1 atom stereocenters. The van der Waals surface area contributed by atoms with Gasteiger partial charge in [-0.1, -0.05) is 0 Å². The molecule has 0 saturated heterocycles. The van der Waals surface area contributed by atoms with Gasteiger partial charge in [0.2, 0.25) is 5.91 Å². The third kappa shape index (κ3) is 6.42. The molecule has 26 heavy (non-hydrogen) atoms. The van der Waals surface area contributed by atoms with E-state index < -0.39 is 42.4 Å². The lowest BCUT2D eigenvalue weighted by Crippen LogP contribution is -2.49. The van der Waals surface area contributed by atoms with Gasteiger partial charge in [-0.05, 0) is 31.2 Å². The predicted molar refractivity (Wildman–Crippen MR) is 81.3 cm³/mol. The Morgan fingerprint density at radius 2 is 1.73 bits per heavy atom. The Bertz CT molecular complexity index is 688. The number of hydrogen-bond acceptors (Lipinski definition) is 5. The molecule has 1 rings (SSSR count). The topological polar surface area (TPSA) is 122 Å². The Labute approximate surface area is 145 Å². The molecule has 1 aromatic rings. The van der Waals surface area contributed by atoms with Gasteiger partial charge in [0.25, 0.3) is 0 Å². The number of carbonyl (C=O) groups excluding carboxylic acids is 3. The third-order valence-electron chi connectivity index (χ3n) is 2.92. The molecule has 0 bridgehead atoms. The normalized spacial score (nSPS) is 12.0. The van der Waals surface area contributed by atoms with Gasteiger partial charge in [0.15, 0.2) is 0 Å². The van der Waals surface area contributed by atoms with Crippen LogP contribution < -0.4 is 10.6 Å². The second-order valence-corrected chi connectivity index (χ2v) is 4.91. The first kappa shape index (κ1) is 20.9. The summed E-state index contributed by atoms with van der Waals surface area (Å²) in [6.07, 6.45) is -6.31. The summed E-state index contributed by atoms with van der Waals surface area (Å²) in [6.45, 7) is 1.78. The first-order chi connectivity index (χ1) is 12.0. The molecule has 0 heterocycles. The zero-order valence-electron chi connectivity index (χ0n) is 13.4. The van der Waals surface area contributed by atoms with Gasteiger partial charge in [0, 0.05) is 5.69 Å². The van der Waals surface area contributed by atoms with Crippen LogP contribution in [-0.2, 0) is 19.1 Å². The minimum absolute atomic E-state index is 0.0831. The number of benzene rings is 1. The van der Waals surface area contributed by atoms with Crippen LogP contribution in [-0.4, -0.2) is 47.7 Å². The predicted octanol–water partition coefficient (Wildman–Crippen LogP) is 1.32. The molecule has 0 aromatic heterocycles. The highest BCUT2D eigenvalue weighted by molar-refractivity contribution is 6.00. The van der Waals surface area contributed by atoms with Crippen LogP contribution in [0.5, 0.6) is 0 Å². The van der Waals surface area contributed by atoms with Crippen molar-refractivity contribution < 1.29 is 42.2 Å². The highest BCUT2D eigenvalue weighted by Gasteiger charge is 2.41. The summed E-state index contributed by atoms with van der Waals surface area (Å²) in [6, 6.07) is 3.20. The smallest absolute Gasteiger partial charge is 0.471 e. The Morgan fingerprint density at radius 3 is 2.19 bits per heavy atom. The van der Waals surface area contributed by atoms with Crippen LogP contribution >= 0.6 is 0 Å².